The second kappa shape index (κ2) is 11.1. The van der Waals surface area contributed by atoms with Crippen LogP contribution < -0.4 is 10.1 Å². The van der Waals surface area contributed by atoms with Crippen LogP contribution in [0.4, 0.5) is 9.39 Å². The molecule has 0 spiro atoms. The molecular weight excluding hydrogens is 437 g/mol. The Morgan fingerprint density at radius 3 is 2.50 bits per heavy atom. The molecular formula is C23H20FNO6S. The number of esters is 2. The number of benzene rings is 2. The van der Waals surface area contributed by atoms with E-state index in [1.807, 2.05) is 30.3 Å². The number of anilines is 1. The molecule has 1 aromatic heterocycles. The third-order valence-electron chi connectivity index (χ3n) is 4.13. The molecule has 32 heavy (non-hydrogen) atoms. The van der Waals surface area contributed by atoms with E-state index >= 15 is 0 Å². The Morgan fingerprint density at radius 2 is 1.78 bits per heavy atom. The molecule has 0 atom stereocenters. The van der Waals surface area contributed by atoms with Crippen LogP contribution in [0.1, 0.15) is 17.3 Å². The van der Waals surface area contributed by atoms with Gasteiger partial charge in [-0.1, -0.05) is 36.4 Å². The lowest BCUT2D eigenvalue weighted by molar-refractivity contribution is -0.149. The zero-order valence-corrected chi connectivity index (χ0v) is 17.9. The fourth-order valence-electron chi connectivity index (χ4n) is 2.74. The van der Waals surface area contributed by atoms with Crippen molar-refractivity contribution in [3.05, 3.63) is 71.4 Å². The van der Waals surface area contributed by atoms with Crippen LogP contribution in [0.25, 0.3) is 11.1 Å². The molecule has 1 amide bonds. The van der Waals surface area contributed by atoms with E-state index in [9.17, 15) is 18.8 Å². The summed E-state index contributed by atoms with van der Waals surface area (Å²) in [5.74, 6) is -2.33. The predicted molar refractivity (Wildman–Crippen MR) is 117 cm³/mol. The van der Waals surface area contributed by atoms with Crippen molar-refractivity contribution in [3.63, 3.8) is 0 Å². The Morgan fingerprint density at radius 1 is 1.00 bits per heavy atom. The molecule has 3 aromatic rings. The molecule has 0 fully saturated rings. The second-order valence-corrected chi connectivity index (χ2v) is 7.27. The lowest BCUT2D eigenvalue weighted by atomic mass is 10.0. The van der Waals surface area contributed by atoms with Crippen molar-refractivity contribution in [3.8, 4) is 16.9 Å². The van der Waals surface area contributed by atoms with Gasteiger partial charge in [0.05, 0.1) is 6.61 Å². The number of thiophene rings is 1. The molecule has 0 saturated carbocycles. The van der Waals surface area contributed by atoms with Gasteiger partial charge in [0, 0.05) is 17.0 Å². The number of carbonyl (C=O) groups excluding carboxylic acids is 3. The minimum Gasteiger partial charge on any atom is -0.482 e. The SMILES string of the molecule is CCOC(=O)c1c(-c2ccccc2)csc1NC(=O)COC(=O)COc1cccc(F)c1. The van der Waals surface area contributed by atoms with Gasteiger partial charge in [0.25, 0.3) is 5.91 Å². The number of rotatable bonds is 9. The average Bonchev–Trinajstić information content (AvgIpc) is 3.20. The van der Waals surface area contributed by atoms with Gasteiger partial charge >= 0.3 is 11.9 Å². The van der Waals surface area contributed by atoms with E-state index < -0.39 is 36.9 Å². The van der Waals surface area contributed by atoms with Crippen molar-refractivity contribution in [2.45, 2.75) is 6.92 Å². The summed E-state index contributed by atoms with van der Waals surface area (Å²) in [4.78, 5) is 36.6. The summed E-state index contributed by atoms with van der Waals surface area (Å²) in [5, 5.41) is 4.62. The fraction of sp³-hybridized carbons (Fsp3) is 0.174. The van der Waals surface area contributed by atoms with Crippen LogP contribution in [0, 0.1) is 5.82 Å². The molecule has 7 nitrogen and oxygen atoms in total. The Bertz CT molecular complexity index is 1100. The first-order valence-corrected chi connectivity index (χ1v) is 10.5. The first-order chi connectivity index (χ1) is 15.5. The Kier molecular flexibility index (Phi) is 7.93. The van der Waals surface area contributed by atoms with E-state index in [2.05, 4.69) is 5.32 Å². The van der Waals surface area contributed by atoms with Gasteiger partial charge in [-0.05, 0) is 24.6 Å². The minimum absolute atomic E-state index is 0.164. The molecule has 1 heterocycles. The molecule has 2 aromatic carbocycles. The van der Waals surface area contributed by atoms with Crippen molar-refractivity contribution in [1.82, 2.24) is 0 Å². The zero-order valence-electron chi connectivity index (χ0n) is 17.1. The summed E-state index contributed by atoms with van der Waals surface area (Å²) in [6.07, 6.45) is 0. The van der Waals surface area contributed by atoms with E-state index in [1.165, 1.54) is 18.2 Å². The molecule has 0 aliphatic carbocycles. The fourth-order valence-corrected chi connectivity index (χ4v) is 3.71. The third-order valence-corrected chi connectivity index (χ3v) is 5.02. The van der Waals surface area contributed by atoms with Crippen LogP contribution in [0.3, 0.4) is 0 Å². The van der Waals surface area contributed by atoms with Crippen molar-refractivity contribution < 1.29 is 33.0 Å². The smallest absolute Gasteiger partial charge is 0.344 e. The van der Waals surface area contributed by atoms with Crippen molar-refractivity contribution in [2.75, 3.05) is 25.1 Å². The number of nitrogens with one attached hydrogen (secondary N) is 1. The van der Waals surface area contributed by atoms with Crippen LogP contribution >= 0.6 is 11.3 Å². The van der Waals surface area contributed by atoms with E-state index in [0.717, 1.165) is 23.0 Å². The maximum Gasteiger partial charge on any atom is 0.344 e. The van der Waals surface area contributed by atoms with E-state index in [-0.39, 0.29) is 17.9 Å². The second-order valence-electron chi connectivity index (χ2n) is 6.39. The Labute approximate surface area is 187 Å². The van der Waals surface area contributed by atoms with Crippen LogP contribution in [0.2, 0.25) is 0 Å². The maximum absolute atomic E-state index is 13.1. The third kappa shape index (κ3) is 6.14. The van der Waals surface area contributed by atoms with Crippen LogP contribution in [0.5, 0.6) is 5.75 Å². The van der Waals surface area contributed by atoms with Gasteiger partial charge in [-0.3, -0.25) is 4.79 Å². The van der Waals surface area contributed by atoms with Crippen molar-refractivity contribution in [1.29, 1.82) is 0 Å². The highest BCUT2D eigenvalue weighted by molar-refractivity contribution is 7.15. The number of hydrogen-bond donors (Lipinski definition) is 1. The highest BCUT2D eigenvalue weighted by Gasteiger charge is 2.23. The van der Waals surface area contributed by atoms with Crippen molar-refractivity contribution >= 4 is 34.2 Å². The van der Waals surface area contributed by atoms with Gasteiger partial charge in [-0.2, -0.15) is 0 Å². The summed E-state index contributed by atoms with van der Waals surface area (Å²) < 4.78 is 28.3. The number of ether oxygens (including phenoxy) is 3. The molecule has 0 bridgehead atoms. The van der Waals surface area contributed by atoms with Gasteiger partial charge in [0.1, 0.15) is 22.1 Å². The first kappa shape index (κ1) is 23.0. The lowest BCUT2D eigenvalue weighted by Gasteiger charge is -2.09. The number of halogens is 1. The molecule has 166 valence electrons. The molecule has 9 heteroatoms. The van der Waals surface area contributed by atoms with Gasteiger partial charge < -0.3 is 19.5 Å². The molecule has 0 saturated heterocycles. The summed E-state index contributed by atoms with van der Waals surface area (Å²) >= 11 is 1.16. The van der Waals surface area contributed by atoms with E-state index in [1.54, 1.807) is 12.3 Å². The Hall–Kier alpha value is -3.72. The molecule has 0 radical (unpaired) electrons. The van der Waals surface area contributed by atoms with E-state index in [4.69, 9.17) is 14.2 Å². The molecule has 0 aliphatic heterocycles. The summed E-state index contributed by atoms with van der Waals surface area (Å²) in [6.45, 7) is 0.809. The number of carbonyl (C=O) groups is 3. The standard InChI is InChI=1S/C23H20FNO6S/c1-2-29-23(28)21-18(15-7-4-3-5-8-15)14-32-22(21)25-19(26)12-31-20(27)13-30-17-10-6-9-16(24)11-17/h3-11,14H,2,12-13H2,1H3,(H,25,26). The van der Waals surface area contributed by atoms with Gasteiger partial charge in [0.15, 0.2) is 13.2 Å². The molecule has 0 unspecified atom stereocenters. The highest BCUT2D eigenvalue weighted by atomic mass is 32.1. The summed E-state index contributed by atoms with van der Waals surface area (Å²) in [6, 6.07) is 14.5. The summed E-state index contributed by atoms with van der Waals surface area (Å²) in [5.41, 5.74) is 1.66. The molecule has 3 rings (SSSR count). The van der Waals surface area contributed by atoms with Gasteiger partial charge in [-0.25, -0.2) is 14.0 Å². The van der Waals surface area contributed by atoms with Crippen molar-refractivity contribution in [2.24, 2.45) is 0 Å². The topological polar surface area (TPSA) is 90.9 Å². The number of hydrogen-bond acceptors (Lipinski definition) is 7. The largest absolute Gasteiger partial charge is 0.482 e. The van der Waals surface area contributed by atoms with Gasteiger partial charge in [0.2, 0.25) is 0 Å². The molecule has 0 aliphatic rings. The average molecular weight is 457 g/mol. The monoisotopic (exact) mass is 457 g/mol. The lowest BCUT2D eigenvalue weighted by Crippen LogP contribution is -2.24. The first-order valence-electron chi connectivity index (χ1n) is 9.65. The maximum atomic E-state index is 13.1. The zero-order chi connectivity index (χ0) is 22.9. The predicted octanol–water partition coefficient (Wildman–Crippen LogP) is 4.29. The van der Waals surface area contributed by atoms with Gasteiger partial charge in [-0.15, -0.1) is 11.3 Å². The Balaban J connectivity index is 1.61. The van der Waals surface area contributed by atoms with E-state index in [0.29, 0.717) is 10.6 Å². The van der Waals surface area contributed by atoms with Crippen LogP contribution in [-0.2, 0) is 19.1 Å². The quantitative estimate of drug-likeness (QED) is 0.482. The normalized spacial score (nSPS) is 10.3. The number of amides is 1. The summed E-state index contributed by atoms with van der Waals surface area (Å²) in [7, 11) is 0. The van der Waals surface area contributed by atoms with Crippen LogP contribution in [-0.4, -0.2) is 37.7 Å². The van der Waals surface area contributed by atoms with Crippen LogP contribution in [0.15, 0.2) is 60.0 Å². The molecule has 1 N–H and O–H groups in total. The highest BCUT2D eigenvalue weighted by Crippen LogP contribution is 2.36. The minimum atomic E-state index is -0.800.